The van der Waals surface area contributed by atoms with Crippen LogP contribution in [0.5, 0.6) is 0 Å². The molecule has 0 spiro atoms. The largest absolute Gasteiger partial charge is 0.379 e. The van der Waals surface area contributed by atoms with Crippen molar-refractivity contribution in [2.24, 2.45) is 10.9 Å². The van der Waals surface area contributed by atoms with E-state index in [0.29, 0.717) is 18.5 Å². The molecule has 1 aliphatic heterocycles. The van der Waals surface area contributed by atoms with Gasteiger partial charge >= 0.3 is 0 Å². The lowest BCUT2D eigenvalue weighted by Crippen LogP contribution is -2.51. The van der Waals surface area contributed by atoms with Crippen molar-refractivity contribution in [3.63, 3.8) is 0 Å². The van der Waals surface area contributed by atoms with Gasteiger partial charge in [0.15, 0.2) is 11.8 Å². The number of ether oxygens (including phenoxy) is 1. The normalized spacial score (nSPS) is 16.6. The van der Waals surface area contributed by atoms with E-state index in [1.165, 1.54) is 6.33 Å². The highest BCUT2D eigenvalue weighted by Crippen LogP contribution is 2.16. The number of aromatic amines is 1. The summed E-state index contributed by atoms with van der Waals surface area (Å²) >= 11 is 0. The van der Waals surface area contributed by atoms with Crippen molar-refractivity contribution < 1.29 is 4.74 Å². The summed E-state index contributed by atoms with van der Waals surface area (Å²) in [7, 11) is 0. The van der Waals surface area contributed by atoms with E-state index in [2.05, 4.69) is 63.6 Å². The predicted octanol–water partition coefficient (Wildman–Crippen LogP) is 2.27. The molecule has 1 aromatic heterocycles. The molecule has 1 atom stereocenters. The van der Waals surface area contributed by atoms with E-state index in [-0.39, 0.29) is 0 Å². The monoisotopic (exact) mass is 413 g/mol. The highest BCUT2D eigenvalue weighted by Gasteiger charge is 2.22. The number of nitrogens with zero attached hydrogens (tertiary/aromatic N) is 4. The molecule has 0 aliphatic carbocycles. The summed E-state index contributed by atoms with van der Waals surface area (Å²) in [6.45, 7) is 12.6. The van der Waals surface area contributed by atoms with Crippen LogP contribution in [0.1, 0.15) is 32.8 Å². The van der Waals surface area contributed by atoms with E-state index >= 15 is 0 Å². The van der Waals surface area contributed by atoms with Crippen molar-refractivity contribution in [2.45, 2.75) is 39.8 Å². The van der Waals surface area contributed by atoms with Gasteiger partial charge in [-0.05, 0) is 30.9 Å². The van der Waals surface area contributed by atoms with Gasteiger partial charge in [-0.1, -0.05) is 32.0 Å². The maximum atomic E-state index is 5.53. The second-order valence-corrected chi connectivity index (χ2v) is 8.04. The lowest BCUT2D eigenvalue weighted by atomic mass is 10.0. The summed E-state index contributed by atoms with van der Waals surface area (Å²) in [4.78, 5) is 11.6. The number of rotatable bonds is 9. The Labute approximate surface area is 179 Å². The molecule has 3 rings (SSSR count). The Hall–Kier alpha value is -2.45. The minimum absolute atomic E-state index is 0.479. The molecular weight excluding hydrogens is 378 g/mol. The Morgan fingerprint density at radius 3 is 2.80 bits per heavy atom. The number of aliphatic imine (C=N–C) groups is 1. The number of morpholine rings is 1. The summed E-state index contributed by atoms with van der Waals surface area (Å²) in [6.07, 6.45) is 2.68. The van der Waals surface area contributed by atoms with Gasteiger partial charge in [0.05, 0.1) is 19.8 Å². The molecule has 0 bridgehead atoms. The quantitative estimate of drug-likeness (QED) is 0.432. The number of H-pyrrole nitrogens is 1. The maximum Gasteiger partial charge on any atom is 0.191 e. The number of aromatic nitrogens is 3. The van der Waals surface area contributed by atoms with Gasteiger partial charge in [-0.2, -0.15) is 5.10 Å². The van der Waals surface area contributed by atoms with E-state index < -0.39 is 0 Å². The maximum absolute atomic E-state index is 5.53. The first-order chi connectivity index (χ1) is 14.7. The molecule has 2 heterocycles. The predicted molar refractivity (Wildman–Crippen MR) is 120 cm³/mol. The van der Waals surface area contributed by atoms with Crippen LogP contribution in [0.25, 0.3) is 11.4 Å². The molecule has 3 N–H and O–H groups in total. The summed E-state index contributed by atoms with van der Waals surface area (Å²) in [5, 5.41) is 13.8. The summed E-state index contributed by atoms with van der Waals surface area (Å²) in [6, 6.07) is 8.72. The Bertz CT molecular complexity index is 770. The Morgan fingerprint density at radius 1 is 1.27 bits per heavy atom. The molecule has 1 aromatic carbocycles. The first kappa shape index (κ1) is 22.2. The van der Waals surface area contributed by atoms with Crippen molar-refractivity contribution >= 4 is 5.96 Å². The van der Waals surface area contributed by atoms with E-state index in [1.54, 1.807) is 0 Å². The average Bonchev–Trinajstić information content (AvgIpc) is 3.30. The highest BCUT2D eigenvalue weighted by atomic mass is 16.5. The van der Waals surface area contributed by atoms with Crippen LogP contribution < -0.4 is 10.6 Å². The van der Waals surface area contributed by atoms with Gasteiger partial charge in [0.2, 0.25) is 0 Å². The third-order valence-electron chi connectivity index (χ3n) is 5.19. The molecular formula is C22H35N7O. The topological polar surface area (TPSA) is 90.5 Å². The van der Waals surface area contributed by atoms with E-state index in [4.69, 9.17) is 9.73 Å². The lowest BCUT2D eigenvalue weighted by molar-refractivity contribution is 0.0132. The van der Waals surface area contributed by atoms with Crippen LogP contribution in [0.2, 0.25) is 0 Å². The number of hydrogen-bond acceptors (Lipinski definition) is 5. The van der Waals surface area contributed by atoms with Gasteiger partial charge in [-0.15, -0.1) is 0 Å². The smallest absolute Gasteiger partial charge is 0.191 e. The zero-order valence-corrected chi connectivity index (χ0v) is 18.4. The molecule has 0 amide bonds. The van der Waals surface area contributed by atoms with Crippen molar-refractivity contribution in [1.29, 1.82) is 0 Å². The summed E-state index contributed by atoms with van der Waals surface area (Å²) in [5.74, 6) is 2.27. The summed E-state index contributed by atoms with van der Waals surface area (Å²) in [5.41, 5.74) is 2.15. The van der Waals surface area contributed by atoms with Crippen LogP contribution in [0.4, 0.5) is 0 Å². The third kappa shape index (κ3) is 6.81. The Morgan fingerprint density at radius 2 is 2.10 bits per heavy atom. The van der Waals surface area contributed by atoms with Crippen LogP contribution in [0.3, 0.4) is 0 Å². The minimum Gasteiger partial charge on any atom is -0.379 e. The summed E-state index contributed by atoms with van der Waals surface area (Å²) < 4.78 is 5.53. The lowest BCUT2D eigenvalue weighted by Gasteiger charge is -2.35. The molecule has 0 saturated carbocycles. The second kappa shape index (κ2) is 11.7. The number of hydrogen-bond donors (Lipinski definition) is 3. The van der Waals surface area contributed by atoms with E-state index in [1.807, 2.05) is 12.1 Å². The van der Waals surface area contributed by atoms with Crippen LogP contribution >= 0.6 is 0 Å². The van der Waals surface area contributed by atoms with Crippen molar-refractivity contribution in [3.05, 3.63) is 36.2 Å². The number of benzene rings is 1. The van der Waals surface area contributed by atoms with Crippen molar-refractivity contribution in [2.75, 3.05) is 39.4 Å². The molecule has 1 aliphatic rings. The zero-order valence-electron chi connectivity index (χ0n) is 18.4. The van der Waals surface area contributed by atoms with Gasteiger partial charge in [0, 0.05) is 37.8 Å². The average molecular weight is 414 g/mol. The standard InChI is InChI=1S/C22H35N7O/c1-4-23-22(25-15-20(12-17(2)3)29-8-10-30-11-9-29)24-14-18-6-5-7-19(13-18)21-26-16-27-28-21/h5-7,13,16-17,20H,4,8-12,14-15H2,1-3H3,(H2,23,24,25)(H,26,27,28). The van der Waals surface area contributed by atoms with E-state index in [0.717, 1.165) is 68.7 Å². The van der Waals surface area contributed by atoms with Gasteiger partial charge in [-0.3, -0.25) is 10.00 Å². The Kier molecular flexibility index (Phi) is 8.65. The fourth-order valence-corrected chi connectivity index (χ4v) is 3.74. The van der Waals surface area contributed by atoms with Gasteiger partial charge < -0.3 is 15.4 Å². The molecule has 0 radical (unpaired) electrons. The fourth-order valence-electron chi connectivity index (χ4n) is 3.74. The van der Waals surface area contributed by atoms with Crippen LogP contribution in [0, 0.1) is 5.92 Å². The van der Waals surface area contributed by atoms with E-state index in [9.17, 15) is 0 Å². The molecule has 1 unspecified atom stereocenters. The fraction of sp³-hybridized carbons (Fsp3) is 0.591. The number of guanidine groups is 1. The molecule has 164 valence electrons. The Balaban J connectivity index is 1.62. The second-order valence-electron chi connectivity index (χ2n) is 8.04. The SMILES string of the molecule is CCNC(=NCc1cccc(-c2ncn[nH]2)c1)NCC(CC(C)C)N1CCOCC1. The molecule has 1 saturated heterocycles. The third-order valence-corrected chi connectivity index (χ3v) is 5.19. The number of nitrogens with one attached hydrogen (secondary N) is 3. The minimum atomic E-state index is 0.479. The van der Waals surface area contributed by atoms with Crippen LogP contribution in [-0.2, 0) is 11.3 Å². The molecule has 8 heteroatoms. The van der Waals surface area contributed by atoms with Gasteiger partial charge in [-0.25, -0.2) is 9.98 Å². The van der Waals surface area contributed by atoms with Crippen molar-refractivity contribution in [1.82, 2.24) is 30.7 Å². The van der Waals surface area contributed by atoms with Crippen molar-refractivity contribution in [3.8, 4) is 11.4 Å². The van der Waals surface area contributed by atoms with Gasteiger partial charge in [0.1, 0.15) is 6.33 Å². The highest BCUT2D eigenvalue weighted by molar-refractivity contribution is 5.79. The van der Waals surface area contributed by atoms with Crippen LogP contribution in [0.15, 0.2) is 35.6 Å². The molecule has 30 heavy (non-hydrogen) atoms. The zero-order chi connectivity index (χ0) is 21.2. The molecule has 8 nitrogen and oxygen atoms in total. The first-order valence-corrected chi connectivity index (χ1v) is 10.9. The van der Waals surface area contributed by atoms with Crippen LogP contribution in [-0.4, -0.2) is 71.5 Å². The first-order valence-electron chi connectivity index (χ1n) is 10.9. The molecule has 2 aromatic rings. The molecule has 1 fully saturated rings. The van der Waals surface area contributed by atoms with Gasteiger partial charge in [0.25, 0.3) is 0 Å².